The van der Waals surface area contributed by atoms with Crippen molar-refractivity contribution in [2.24, 2.45) is 11.7 Å². The summed E-state index contributed by atoms with van der Waals surface area (Å²) < 4.78 is 5.77. The Morgan fingerprint density at radius 2 is 2.08 bits per heavy atom. The Morgan fingerprint density at radius 3 is 2.79 bits per heavy atom. The molecule has 2 N–H and O–H groups in total. The first-order chi connectivity index (χ1) is 11.1. The summed E-state index contributed by atoms with van der Waals surface area (Å²) in [6, 6.07) is 11.0. The minimum atomic E-state index is -0.0920. The molecule has 3 rings (SSSR count). The topological polar surface area (TPSA) is 59.5 Å². The number of carbonyl (C=O) groups is 1. The number of furan rings is 1. The predicted molar refractivity (Wildman–Crippen MR) is 98.7 cm³/mol. The molecule has 2 unspecified atom stereocenters. The molecule has 2 heterocycles. The van der Waals surface area contributed by atoms with Crippen LogP contribution < -0.4 is 5.73 Å². The summed E-state index contributed by atoms with van der Waals surface area (Å²) in [5, 5.41) is 0.604. The van der Waals surface area contributed by atoms with Gasteiger partial charge >= 0.3 is 0 Å². The van der Waals surface area contributed by atoms with E-state index in [1.54, 1.807) is 18.2 Å². The first-order valence-electron chi connectivity index (χ1n) is 7.96. The van der Waals surface area contributed by atoms with Gasteiger partial charge in [-0.25, -0.2) is 0 Å². The van der Waals surface area contributed by atoms with Gasteiger partial charge in [0.05, 0.1) is 5.02 Å². The lowest BCUT2D eigenvalue weighted by Gasteiger charge is -2.37. The number of halogens is 2. The minimum Gasteiger partial charge on any atom is -0.451 e. The van der Waals surface area contributed by atoms with Crippen molar-refractivity contribution in [1.82, 2.24) is 4.90 Å². The van der Waals surface area contributed by atoms with E-state index >= 15 is 0 Å². The lowest BCUT2D eigenvalue weighted by atomic mass is 9.92. The van der Waals surface area contributed by atoms with Gasteiger partial charge in [0.2, 0.25) is 0 Å². The molecule has 1 saturated heterocycles. The molecule has 130 valence electrons. The Labute approximate surface area is 153 Å². The van der Waals surface area contributed by atoms with Gasteiger partial charge in [0.25, 0.3) is 5.91 Å². The number of hydrogen-bond acceptors (Lipinski definition) is 3. The van der Waals surface area contributed by atoms with E-state index in [2.05, 4.69) is 6.92 Å². The van der Waals surface area contributed by atoms with Crippen molar-refractivity contribution in [3.05, 3.63) is 47.2 Å². The first-order valence-corrected chi connectivity index (χ1v) is 8.33. The van der Waals surface area contributed by atoms with Crippen LogP contribution in [0.1, 0.15) is 30.3 Å². The molecule has 24 heavy (non-hydrogen) atoms. The fraction of sp³-hybridized carbons (Fsp3) is 0.389. The first kappa shape index (κ1) is 18.8. The van der Waals surface area contributed by atoms with Gasteiger partial charge in [-0.3, -0.25) is 4.79 Å². The second-order valence-corrected chi connectivity index (χ2v) is 6.57. The molecule has 0 bridgehead atoms. The summed E-state index contributed by atoms with van der Waals surface area (Å²) in [5.74, 6) is 1.45. The number of piperidine rings is 1. The molecule has 0 aliphatic carbocycles. The van der Waals surface area contributed by atoms with Crippen molar-refractivity contribution in [3.63, 3.8) is 0 Å². The normalized spacial score (nSPS) is 20.5. The summed E-state index contributed by atoms with van der Waals surface area (Å²) >= 11 is 6.19. The Bertz CT molecular complexity index is 702. The Balaban J connectivity index is 0.00000208. The van der Waals surface area contributed by atoms with E-state index in [-0.39, 0.29) is 24.4 Å². The number of nitrogens with zero attached hydrogens (tertiary/aromatic N) is 1. The zero-order valence-electron chi connectivity index (χ0n) is 13.6. The van der Waals surface area contributed by atoms with Gasteiger partial charge in [0.1, 0.15) is 5.76 Å². The number of nitrogens with two attached hydrogens (primary N) is 1. The van der Waals surface area contributed by atoms with Crippen LogP contribution >= 0.6 is 24.0 Å². The average molecular weight is 369 g/mol. The molecule has 0 spiro atoms. The number of benzene rings is 1. The van der Waals surface area contributed by atoms with Crippen LogP contribution in [0.15, 0.2) is 40.8 Å². The van der Waals surface area contributed by atoms with Crippen LogP contribution in [0, 0.1) is 5.92 Å². The lowest BCUT2D eigenvalue weighted by Crippen LogP contribution is -2.49. The monoisotopic (exact) mass is 368 g/mol. The maximum Gasteiger partial charge on any atom is 0.289 e. The Morgan fingerprint density at radius 1 is 1.33 bits per heavy atom. The van der Waals surface area contributed by atoms with E-state index in [0.29, 0.717) is 29.0 Å². The fourth-order valence-corrected chi connectivity index (χ4v) is 3.37. The molecular formula is C18H22Cl2N2O2. The fourth-order valence-electron chi connectivity index (χ4n) is 3.14. The second kappa shape index (κ2) is 8.06. The van der Waals surface area contributed by atoms with Gasteiger partial charge in [-0.15, -0.1) is 12.4 Å². The lowest BCUT2D eigenvalue weighted by molar-refractivity contribution is 0.0542. The van der Waals surface area contributed by atoms with Gasteiger partial charge in [-0.05, 0) is 43.0 Å². The minimum absolute atomic E-state index is 0. The quantitative estimate of drug-likeness (QED) is 0.881. The van der Waals surface area contributed by atoms with Gasteiger partial charge in [0.15, 0.2) is 5.76 Å². The molecule has 1 amide bonds. The zero-order valence-corrected chi connectivity index (χ0v) is 15.1. The number of likely N-dealkylation sites (tertiary alicyclic amines) is 1. The summed E-state index contributed by atoms with van der Waals surface area (Å²) in [6.45, 7) is 3.41. The van der Waals surface area contributed by atoms with Crippen LogP contribution in [0.4, 0.5) is 0 Å². The Kier molecular flexibility index (Phi) is 6.33. The van der Waals surface area contributed by atoms with E-state index in [1.807, 2.05) is 23.1 Å². The van der Waals surface area contributed by atoms with Crippen molar-refractivity contribution in [2.45, 2.75) is 25.8 Å². The van der Waals surface area contributed by atoms with Crippen molar-refractivity contribution in [1.29, 1.82) is 0 Å². The summed E-state index contributed by atoms with van der Waals surface area (Å²) in [7, 11) is 0. The number of hydrogen-bond donors (Lipinski definition) is 1. The van der Waals surface area contributed by atoms with Gasteiger partial charge in [-0.2, -0.15) is 0 Å². The molecule has 2 atom stereocenters. The number of rotatable bonds is 3. The highest BCUT2D eigenvalue weighted by molar-refractivity contribution is 6.33. The van der Waals surface area contributed by atoms with Crippen molar-refractivity contribution >= 4 is 29.9 Å². The van der Waals surface area contributed by atoms with Crippen LogP contribution in [-0.4, -0.2) is 29.9 Å². The maximum atomic E-state index is 12.7. The molecule has 6 heteroatoms. The van der Waals surface area contributed by atoms with E-state index < -0.39 is 0 Å². The van der Waals surface area contributed by atoms with Crippen LogP contribution in [0.2, 0.25) is 5.02 Å². The van der Waals surface area contributed by atoms with Crippen LogP contribution in [0.3, 0.4) is 0 Å². The molecule has 1 aromatic carbocycles. The van der Waals surface area contributed by atoms with E-state index in [4.69, 9.17) is 21.8 Å². The van der Waals surface area contributed by atoms with Crippen LogP contribution in [0.25, 0.3) is 11.3 Å². The van der Waals surface area contributed by atoms with Crippen LogP contribution in [0.5, 0.6) is 0 Å². The molecule has 1 aliphatic rings. The SMILES string of the molecule is CC1CCN(C(=O)c2ccc(-c3ccccc3Cl)o2)C(CN)C1.Cl. The summed E-state index contributed by atoms with van der Waals surface area (Å²) in [5.41, 5.74) is 6.63. The van der Waals surface area contributed by atoms with E-state index in [1.165, 1.54) is 0 Å². The third-order valence-electron chi connectivity index (χ3n) is 4.47. The van der Waals surface area contributed by atoms with Gasteiger partial charge in [0, 0.05) is 24.7 Å². The summed E-state index contributed by atoms with van der Waals surface area (Å²) in [4.78, 5) is 14.6. The largest absolute Gasteiger partial charge is 0.451 e. The van der Waals surface area contributed by atoms with Crippen molar-refractivity contribution in [3.8, 4) is 11.3 Å². The molecular weight excluding hydrogens is 347 g/mol. The standard InChI is InChI=1S/C18H21ClN2O2.ClH/c1-12-8-9-21(13(10-12)11-20)18(22)17-7-6-16(23-17)14-4-2-3-5-15(14)19;/h2-7,12-13H,8-11,20H2,1H3;1H. The molecule has 4 nitrogen and oxygen atoms in total. The Hall–Kier alpha value is -1.49. The van der Waals surface area contributed by atoms with E-state index in [9.17, 15) is 4.79 Å². The summed E-state index contributed by atoms with van der Waals surface area (Å²) in [6.07, 6.45) is 1.95. The molecule has 1 aliphatic heterocycles. The van der Waals surface area contributed by atoms with Gasteiger partial charge < -0.3 is 15.1 Å². The predicted octanol–water partition coefficient (Wildman–Crippen LogP) is 4.22. The molecule has 0 radical (unpaired) electrons. The highest BCUT2D eigenvalue weighted by Crippen LogP contribution is 2.30. The third kappa shape index (κ3) is 3.77. The van der Waals surface area contributed by atoms with Crippen molar-refractivity contribution in [2.75, 3.05) is 13.1 Å². The average Bonchev–Trinajstić information content (AvgIpc) is 3.04. The number of carbonyl (C=O) groups excluding carboxylic acids is 1. The molecule has 1 aromatic heterocycles. The van der Waals surface area contributed by atoms with E-state index in [0.717, 1.165) is 24.9 Å². The smallest absolute Gasteiger partial charge is 0.289 e. The highest BCUT2D eigenvalue weighted by Gasteiger charge is 2.31. The third-order valence-corrected chi connectivity index (χ3v) is 4.80. The highest BCUT2D eigenvalue weighted by atomic mass is 35.5. The molecule has 1 fully saturated rings. The van der Waals surface area contributed by atoms with Gasteiger partial charge in [-0.1, -0.05) is 30.7 Å². The zero-order chi connectivity index (χ0) is 16.4. The number of amides is 1. The van der Waals surface area contributed by atoms with Crippen LogP contribution in [-0.2, 0) is 0 Å². The second-order valence-electron chi connectivity index (χ2n) is 6.16. The molecule has 0 saturated carbocycles. The maximum absolute atomic E-state index is 12.7. The van der Waals surface area contributed by atoms with Crippen molar-refractivity contribution < 1.29 is 9.21 Å². The molecule has 2 aromatic rings.